The average molecular weight is 414 g/mol. The summed E-state index contributed by atoms with van der Waals surface area (Å²) in [5, 5.41) is 3.03. The van der Waals surface area contributed by atoms with Gasteiger partial charge in [0.2, 0.25) is 16.0 Å². The summed E-state index contributed by atoms with van der Waals surface area (Å²) in [6.07, 6.45) is 0. The van der Waals surface area contributed by atoms with Gasteiger partial charge in [0.1, 0.15) is 5.82 Å². The maximum absolute atomic E-state index is 12.2. The lowest BCUT2D eigenvalue weighted by Crippen LogP contribution is -2.29. The van der Waals surface area contributed by atoms with E-state index < -0.39 is 10.0 Å². The third kappa shape index (κ3) is 5.15. The Bertz CT molecular complexity index is 794. The van der Waals surface area contributed by atoms with E-state index in [1.165, 1.54) is 0 Å². The average Bonchev–Trinajstić information content (AvgIpc) is 2.51. The molecule has 0 aliphatic heterocycles. The van der Waals surface area contributed by atoms with Gasteiger partial charge >= 0.3 is 0 Å². The van der Waals surface area contributed by atoms with Crippen molar-refractivity contribution in [2.45, 2.75) is 11.8 Å². The molecule has 0 fully saturated rings. The summed E-state index contributed by atoms with van der Waals surface area (Å²) < 4.78 is 27.7. The number of aryl methyl sites for hydroxylation is 1. The van der Waals surface area contributed by atoms with E-state index in [4.69, 9.17) is 0 Å². The van der Waals surface area contributed by atoms with Crippen LogP contribution in [0.15, 0.2) is 39.7 Å². The molecule has 0 bridgehead atoms. The van der Waals surface area contributed by atoms with Gasteiger partial charge in [0.25, 0.3) is 0 Å². The van der Waals surface area contributed by atoms with Crippen molar-refractivity contribution in [1.82, 2.24) is 14.7 Å². The Morgan fingerprint density at radius 2 is 1.79 bits per heavy atom. The summed E-state index contributed by atoms with van der Waals surface area (Å²) in [6, 6.07) is 8.35. The molecule has 24 heavy (non-hydrogen) atoms. The predicted molar refractivity (Wildman–Crippen MR) is 98.9 cm³/mol. The molecule has 0 saturated heterocycles. The summed E-state index contributed by atoms with van der Waals surface area (Å²) >= 11 is 3.28. The molecule has 0 aliphatic rings. The van der Waals surface area contributed by atoms with E-state index in [0.29, 0.717) is 12.5 Å². The van der Waals surface area contributed by atoms with Crippen LogP contribution >= 0.6 is 15.9 Å². The zero-order chi connectivity index (χ0) is 17.7. The fourth-order valence-corrected chi connectivity index (χ4v) is 3.21. The first kappa shape index (κ1) is 18.6. The third-order valence-electron chi connectivity index (χ3n) is 3.12. The first-order valence-corrected chi connectivity index (χ1v) is 9.58. The van der Waals surface area contributed by atoms with E-state index in [2.05, 4.69) is 35.9 Å². The van der Waals surface area contributed by atoms with Crippen LogP contribution in [0.3, 0.4) is 0 Å². The minimum absolute atomic E-state index is 0.229. The highest BCUT2D eigenvalue weighted by Gasteiger charge is 2.12. The molecule has 0 unspecified atom stereocenters. The molecule has 1 aromatic carbocycles. The Morgan fingerprint density at radius 3 is 2.42 bits per heavy atom. The summed E-state index contributed by atoms with van der Waals surface area (Å²) in [7, 11) is 0.280. The van der Waals surface area contributed by atoms with Crippen molar-refractivity contribution < 1.29 is 8.42 Å². The highest BCUT2D eigenvalue weighted by molar-refractivity contribution is 9.10. The zero-order valence-corrected chi connectivity index (χ0v) is 16.1. The Morgan fingerprint density at radius 1 is 1.12 bits per heavy atom. The fraction of sp³-hybridized carbons (Fsp3) is 0.333. The quantitative estimate of drug-likeness (QED) is 0.674. The molecule has 2 aromatic rings. The smallest absolute Gasteiger partial charge is 0.240 e. The van der Waals surface area contributed by atoms with E-state index >= 15 is 0 Å². The van der Waals surface area contributed by atoms with Gasteiger partial charge in [-0.3, -0.25) is 0 Å². The molecule has 0 aliphatic carbocycles. The van der Waals surface area contributed by atoms with Gasteiger partial charge < -0.3 is 10.2 Å². The van der Waals surface area contributed by atoms with Gasteiger partial charge in [-0.25, -0.2) is 18.1 Å². The number of nitrogens with zero attached hydrogens (tertiary/aromatic N) is 3. The molecule has 7 nitrogen and oxygen atoms in total. The normalized spacial score (nSPS) is 11.3. The van der Waals surface area contributed by atoms with Crippen LogP contribution in [0.1, 0.15) is 5.69 Å². The molecular formula is C15H20BrN5O2S. The van der Waals surface area contributed by atoms with Gasteiger partial charge in [-0.1, -0.05) is 15.9 Å². The second kappa shape index (κ2) is 7.91. The lowest BCUT2D eigenvalue weighted by Gasteiger charge is -2.14. The molecular weight excluding hydrogens is 394 g/mol. The van der Waals surface area contributed by atoms with Crippen molar-refractivity contribution in [2.75, 3.05) is 37.4 Å². The number of nitrogens with one attached hydrogen (secondary N) is 2. The summed E-state index contributed by atoms with van der Waals surface area (Å²) in [4.78, 5) is 10.8. The number of benzene rings is 1. The van der Waals surface area contributed by atoms with E-state index in [1.807, 2.05) is 32.0 Å². The summed E-state index contributed by atoms with van der Waals surface area (Å²) in [5.74, 6) is 1.27. The Hall–Kier alpha value is -1.71. The highest BCUT2D eigenvalue weighted by atomic mass is 79.9. The molecule has 130 valence electrons. The van der Waals surface area contributed by atoms with Gasteiger partial charge in [-0.05, 0) is 31.2 Å². The standard InChI is InChI=1S/C15H20BrN5O2S/c1-11-10-14(21(2)3)20-15(19-11)17-8-9-18-24(22,23)13-6-4-12(16)5-7-13/h4-7,10,18H,8-9H2,1-3H3,(H,17,19,20). The van der Waals surface area contributed by atoms with Crippen LogP contribution in [0.4, 0.5) is 11.8 Å². The Labute approximate surface area is 150 Å². The fourth-order valence-electron chi connectivity index (χ4n) is 1.92. The van der Waals surface area contributed by atoms with Crippen LogP contribution in [-0.2, 0) is 10.0 Å². The second-order valence-corrected chi connectivity index (χ2v) is 8.05. The number of halogens is 1. The molecule has 2 rings (SSSR count). The van der Waals surface area contributed by atoms with E-state index in [9.17, 15) is 8.42 Å². The van der Waals surface area contributed by atoms with Crippen LogP contribution in [0.5, 0.6) is 0 Å². The number of hydrogen-bond donors (Lipinski definition) is 2. The van der Waals surface area contributed by atoms with Crippen LogP contribution < -0.4 is 14.9 Å². The lowest BCUT2D eigenvalue weighted by molar-refractivity contribution is 0.583. The minimum Gasteiger partial charge on any atom is -0.363 e. The van der Waals surface area contributed by atoms with Crippen molar-refractivity contribution >= 4 is 37.7 Å². The molecule has 0 atom stereocenters. The largest absolute Gasteiger partial charge is 0.363 e. The van der Waals surface area contributed by atoms with Crippen molar-refractivity contribution in [3.63, 3.8) is 0 Å². The third-order valence-corrected chi connectivity index (χ3v) is 5.13. The van der Waals surface area contributed by atoms with Gasteiger partial charge in [0.05, 0.1) is 4.90 Å². The maximum atomic E-state index is 12.2. The number of aromatic nitrogens is 2. The zero-order valence-electron chi connectivity index (χ0n) is 13.7. The van der Waals surface area contributed by atoms with Crippen molar-refractivity contribution in [3.8, 4) is 0 Å². The van der Waals surface area contributed by atoms with E-state index in [0.717, 1.165) is 16.0 Å². The number of rotatable bonds is 7. The van der Waals surface area contributed by atoms with Crippen molar-refractivity contribution in [1.29, 1.82) is 0 Å². The minimum atomic E-state index is -3.52. The Kier molecular flexibility index (Phi) is 6.14. The Balaban J connectivity index is 1.92. The molecule has 0 spiro atoms. The molecule has 2 N–H and O–H groups in total. The number of anilines is 2. The predicted octanol–water partition coefficient (Wildman–Crippen LogP) is 2.00. The van der Waals surface area contributed by atoms with Gasteiger partial charge in [0.15, 0.2) is 0 Å². The lowest BCUT2D eigenvalue weighted by atomic mass is 10.4. The molecule has 0 amide bonds. The van der Waals surface area contributed by atoms with Crippen LogP contribution in [0.25, 0.3) is 0 Å². The SMILES string of the molecule is Cc1cc(N(C)C)nc(NCCNS(=O)(=O)c2ccc(Br)cc2)n1. The highest BCUT2D eigenvalue weighted by Crippen LogP contribution is 2.14. The van der Waals surface area contributed by atoms with Crippen molar-refractivity contribution in [2.24, 2.45) is 0 Å². The van der Waals surface area contributed by atoms with Gasteiger partial charge in [0, 0.05) is 43.4 Å². The summed E-state index contributed by atoms with van der Waals surface area (Å²) in [5.41, 5.74) is 0.839. The van der Waals surface area contributed by atoms with Gasteiger partial charge in [-0.15, -0.1) is 0 Å². The molecule has 1 aromatic heterocycles. The van der Waals surface area contributed by atoms with E-state index in [-0.39, 0.29) is 11.4 Å². The topological polar surface area (TPSA) is 87.2 Å². The van der Waals surface area contributed by atoms with Crippen LogP contribution in [-0.4, -0.2) is 45.6 Å². The molecule has 9 heteroatoms. The van der Waals surface area contributed by atoms with Crippen LogP contribution in [0.2, 0.25) is 0 Å². The first-order chi connectivity index (χ1) is 11.3. The monoisotopic (exact) mass is 413 g/mol. The number of hydrogen-bond acceptors (Lipinski definition) is 6. The van der Waals surface area contributed by atoms with E-state index in [1.54, 1.807) is 24.3 Å². The molecule has 0 radical (unpaired) electrons. The first-order valence-electron chi connectivity index (χ1n) is 7.30. The number of sulfonamides is 1. The second-order valence-electron chi connectivity index (χ2n) is 5.36. The van der Waals surface area contributed by atoms with Crippen molar-refractivity contribution in [3.05, 3.63) is 40.5 Å². The molecule has 0 saturated carbocycles. The van der Waals surface area contributed by atoms with Crippen LogP contribution in [0, 0.1) is 6.92 Å². The van der Waals surface area contributed by atoms with Gasteiger partial charge in [-0.2, -0.15) is 4.98 Å². The maximum Gasteiger partial charge on any atom is 0.240 e. The molecule has 1 heterocycles. The summed E-state index contributed by atoms with van der Waals surface area (Å²) in [6.45, 7) is 2.50.